The topological polar surface area (TPSA) is 85.6 Å². The van der Waals surface area contributed by atoms with E-state index in [1.165, 1.54) is 11.6 Å². The quantitative estimate of drug-likeness (QED) is 0.521. The lowest BCUT2D eigenvalue weighted by Gasteiger charge is -2.20. The number of aromatic amines is 1. The Morgan fingerprint density at radius 2 is 1.96 bits per heavy atom. The molecule has 0 saturated carbocycles. The minimum atomic E-state index is -0.490. The van der Waals surface area contributed by atoms with E-state index in [4.69, 9.17) is 0 Å². The van der Waals surface area contributed by atoms with Gasteiger partial charge in [0.2, 0.25) is 0 Å². The van der Waals surface area contributed by atoms with Crippen molar-refractivity contribution in [3.05, 3.63) is 69.3 Å². The Morgan fingerprint density at radius 1 is 1.14 bits per heavy atom. The monoisotopic (exact) mass is 381 g/mol. The molecule has 7 nitrogen and oxygen atoms in total. The van der Waals surface area contributed by atoms with Crippen molar-refractivity contribution in [3.8, 4) is 0 Å². The molecule has 1 N–H and O–H groups in total. The van der Waals surface area contributed by atoms with Gasteiger partial charge < -0.3 is 4.98 Å². The van der Waals surface area contributed by atoms with Gasteiger partial charge >= 0.3 is 5.69 Å². The second-order valence-corrected chi connectivity index (χ2v) is 6.73. The highest BCUT2D eigenvalue weighted by Crippen LogP contribution is 2.25. The summed E-state index contributed by atoms with van der Waals surface area (Å²) in [4.78, 5) is 37.8. The number of nitrogens with one attached hydrogen (secondary N) is 1. The van der Waals surface area contributed by atoms with Crippen LogP contribution in [0.15, 0.2) is 52.2 Å². The fourth-order valence-corrected chi connectivity index (χ4v) is 3.51. The Balaban J connectivity index is 1.97. The number of fused-ring (bicyclic) bond motifs is 2. The Labute approximate surface area is 159 Å². The molecule has 1 aromatic carbocycles. The van der Waals surface area contributed by atoms with Gasteiger partial charge in [0.1, 0.15) is 11.5 Å². The molecule has 144 valence electrons. The second-order valence-electron chi connectivity index (χ2n) is 6.73. The van der Waals surface area contributed by atoms with Crippen molar-refractivity contribution in [3.63, 3.8) is 0 Å². The molecule has 1 atom stereocenters. The van der Waals surface area contributed by atoms with Crippen molar-refractivity contribution in [1.82, 2.24) is 24.1 Å². The molecule has 0 radical (unpaired) electrons. The Hall–Kier alpha value is -3.29. The van der Waals surface area contributed by atoms with Crippen LogP contribution in [0, 0.1) is 0 Å². The number of aromatic nitrogens is 5. The third-order valence-corrected chi connectivity index (χ3v) is 4.94. The van der Waals surface area contributed by atoms with Crippen LogP contribution in [0.2, 0.25) is 0 Å². The van der Waals surface area contributed by atoms with E-state index >= 15 is 0 Å². The fraction of sp³-hybridized carbons (Fsp3) is 0.300. The van der Waals surface area contributed by atoms with Crippen LogP contribution in [-0.2, 0) is 7.05 Å². The number of alkyl halides is 1. The third-order valence-electron chi connectivity index (χ3n) is 4.94. The first-order valence-corrected chi connectivity index (χ1v) is 9.18. The molecule has 0 fully saturated rings. The van der Waals surface area contributed by atoms with Gasteiger partial charge in [-0.15, -0.1) is 0 Å². The summed E-state index contributed by atoms with van der Waals surface area (Å²) < 4.78 is 15.3. The van der Waals surface area contributed by atoms with Gasteiger partial charge in [-0.05, 0) is 43.5 Å². The zero-order chi connectivity index (χ0) is 19.7. The van der Waals surface area contributed by atoms with Crippen LogP contribution in [0.25, 0.3) is 22.1 Å². The van der Waals surface area contributed by atoms with Crippen molar-refractivity contribution in [2.24, 2.45) is 7.05 Å². The molecule has 1 unspecified atom stereocenters. The largest absolute Gasteiger partial charge is 0.340 e. The number of H-pyrrole nitrogens is 1. The molecule has 0 aliphatic carbocycles. The molecular weight excluding hydrogens is 361 g/mol. The number of imidazole rings is 1. The number of rotatable bonds is 6. The minimum Gasteiger partial charge on any atom is -0.340 e. The summed E-state index contributed by atoms with van der Waals surface area (Å²) in [7, 11) is 1.45. The minimum absolute atomic E-state index is 0.307. The number of unbranched alkanes of at least 4 members (excludes halogenated alkanes) is 1. The van der Waals surface area contributed by atoms with Gasteiger partial charge in [0.15, 0.2) is 0 Å². The second kappa shape index (κ2) is 7.38. The number of halogens is 1. The Kier molecular flexibility index (Phi) is 4.77. The molecule has 3 aromatic heterocycles. The highest BCUT2D eigenvalue weighted by molar-refractivity contribution is 5.75. The third kappa shape index (κ3) is 3.00. The number of para-hydroxylation sites is 2. The van der Waals surface area contributed by atoms with Crippen molar-refractivity contribution in [2.45, 2.75) is 25.3 Å². The summed E-state index contributed by atoms with van der Waals surface area (Å²) >= 11 is 0. The van der Waals surface area contributed by atoms with Gasteiger partial charge in [-0.1, -0.05) is 12.1 Å². The molecular formula is C20H20FN5O2. The van der Waals surface area contributed by atoms with Crippen LogP contribution in [0.4, 0.5) is 4.39 Å². The van der Waals surface area contributed by atoms with Gasteiger partial charge in [-0.25, -0.2) is 14.8 Å². The summed E-state index contributed by atoms with van der Waals surface area (Å²) in [5, 5.41) is 0.358. The summed E-state index contributed by atoms with van der Waals surface area (Å²) in [6.45, 7) is -0.423. The van der Waals surface area contributed by atoms with E-state index in [0.717, 1.165) is 15.6 Å². The van der Waals surface area contributed by atoms with Crippen molar-refractivity contribution < 1.29 is 4.39 Å². The molecule has 8 heteroatoms. The summed E-state index contributed by atoms with van der Waals surface area (Å²) in [5.41, 5.74) is 1.07. The van der Waals surface area contributed by atoms with Crippen LogP contribution < -0.4 is 11.2 Å². The van der Waals surface area contributed by atoms with Crippen molar-refractivity contribution >= 4 is 22.1 Å². The van der Waals surface area contributed by atoms with E-state index in [9.17, 15) is 14.0 Å². The predicted octanol–water partition coefficient (Wildman–Crippen LogP) is 2.70. The lowest BCUT2D eigenvalue weighted by molar-refractivity contribution is 0.420. The molecule has 0 spiro atoms. The maximum absolute atomic E-state index is 13.0. The highest BCUT2D eigenvalue weighted by atomic mass is 19.1. The van der Waals surface area contributed by atoms with E-state index in [2.05, 4.69) is 15.0 Å². The van der Waals surface area contributed by atoms with Gasteiger partial charge in [-0.3, -0.25) is 18.3 Å². The lowest BCUT2D eigenvalue weighted by atomic mass is 10.1. The maximum atomic E-state index is 13.0. The molecule has 28 heavy (non-hydrogen) atoms. The van der Waals surface area contributed by atoms with Crippen LogP contribution in [0.5, 0.6) is 0 Å². The molecule has 0 amide bonds. The molecule has 4 aromatic rings. The number of benzene rings is 1. The van der Waals surface area contributed by atoms with Gasteiger partial charge in [0.25, 0.3) is 5.56 Å². The molecule has 0 saturated heterocycles. The Bertz CT molecular complexity index is 1220. The normalized spacial score (nSPS) is 12.6. The smallest absolute Gasteiger partial charge is 0.333 e. The maximum Gasteiger partial charge on any atom is 0.333 e. The molecule has 3 heterocycles. The first-order chi connectivity index (χ1) is 13.6. The van der Waals surface area contributed by atoms with Crippen LogP contribution in [0.1, 0.15) is 31.1 Å². The number of nitrogens with zero attached hydrogens (tertiary/aromatic N) is 4. The fourth-order valence-electron chi connectivity index (χ4n) is 3.51. The average molecular weight is 381 g/mol. The molecule has 0 aliphatic heterocycles. The van der Waals surface area contributed by atoms with E-state index < -0.39 is 24.0 Å². The molecule has 0 bridgehead atoms. The van der Waals surface area contributed by atoms with Crippen molar-refractivity contribution in [2.75, 3.05) is 6.67 Å². The predicted molar refractivity (Wildman–Crippen MR) is 105 cm³/mol. The highest BCUT2D eigenvalue weighted by Gasteiger charge is 2.23. The Morgan fingerprint density at radius 3 is 2.75 bits per heavy atom. The number of pyridine rings is 1. The number of hydrogen-bond acceptors (Lipinski definition) is 4. The van der Waals surface area contributed by atoms with Gasteiger partial charge in [0.05, 0.1) is 29.1 Å². The standard InChI is InChI=1S/C20H20FN5O2/c1-25-19(27)13-7-6-12-22-18(13)26(20(25)28)16(10-4-5-11-21)17-23-14-8-2-3-9-15(14)24-17/h2-3,6-9,12,16H,4-5,10-11H2,1H3,(H,23,24). The van der Waals surface area contributed by atoms with Gasteiger partial charge in [-0.2, -0.15) is 0 Å². The zero-order valence-electron chi connectivity index (χ0n) is 15.4. The molecule has 4 rings (SSSR count). The lowest BCUT2D eigenvalue weighted by Crippen LogP contribution is -2.40. The van der Waals surface area contributed by atoms with Crippen LogP contribution >= 0.6 is 0 Å². The first kappa shape index (κ1) is 18.1. The SMILES string of the molecule is Cn1c(=O)c2cccnc2n(C(CCCCF)c2nc3ccccc3[nH]2)c1=O. The first-order valence-electron chi connectivity index (χ1n) is 9.18. The van der Waals surface area contributed by atoms with Gasteiger partial charge in [0, 0.05) is 13.2 Å². The van der Waals surface area contributed by atoms with E-state index in [0.29, 0.717) is 36.1 Å². The van der Waals surface area contributed by atoms with E-state index in [1.54, 1.807) is 18.3 Å². The van der Waals surface area contributed by atoms with Crippen molar-refractivity contribution in [1.29, 1.82) is 0 Å². The van der Waals surface area contributed by atoms with Crippen LogP contribution in [0.3, 0.4) is 0 Å². The summed E-state index contributed by atoms with van der Waals surface area (Å²) in [6.07, 6.45) is 3.01. The summed E-state index contributed by atoms with van der Waals surface area (Å²) in [5.74, 6) is 0.591. The molecule has 0 aliphatic rings. The van der Waals surface area contributed by atoms with E-state index in [1.807, 2.05) is 24.3 Å². The summed E-state index contributed by atoms with van der Waals surface area (Å²) in [6, 6.07) is 10.4. The van der Waals surface area contributed by atoms with Crippen LogP contribution in [-0.4, -0.2) is 30.8 Å². The zero-order valence-corrected chi connectivity index (χ0v) is 15.4. The average Bonchev–Trinajstić information content (AvgIpc) is 3.15. The number of hydrogen-bond donors (Lipinski definition) is 1. The van der Waals surface area contributed by atoms with E-state index in [-0.39, 0.29) is 0 Å².